The summed E-state index contributed by atoms with van der Waals surface area (Å²) in [5.41, 5.74) is 0.0883. The third kappa shape index (κ3) is 3.24. The van der Waals surface area contributed by atoms with E-state index in [4.69, 9.17) is 0 Å². The molecule has 2 nitrogen and oxygen atoms in total. The Morgan fingerprint density at radius 2 is 1.74 bits per heavy atom. The molecule has 0 spiro atoms. The van der Waals surface area contributed by atoms with Crippen molar-refractivity contribution < 1.29 is 13.2 Å². The van der Waals surface area contributed by atoms with Crippen molar-refractivity contribution in [1.82, 2.24) is 4.98 Å². The van der Waals surface area contributed by atoms with E-state index in [1.165, 1.54) is 12.1 Å². The molecule has 0 saturated heterocycles. The number of hydrogen-bond acceptors (Lipinski definition) is 2. The number of hydrogen-bond donors (Lipinski definition) is 1. The van der Waals surface area contributed by atoms with Gasteiger partial charge in [0.2, 0.25) is 0 Å². The van der Waals surface area contributed by atoms with E-state index in [2.05, 4.69) is 10.3 Å². The second-order valence-corrected chi connectivity index (χ2v) is 4.16. The lowest BCUT2D eigenvalue weighted by Gasteiger charge is -2.18. The van der Waals surface area contributed by atoms with Gasteiger partial charge in [-0.3, -0.25) is 4.98 Å². The van der Waals surface area contributed by atoms with Crippen LogP contribution in [0.3, 0.4) is 0 Å². The monoisotopic (exact) mass is 266 g/mol. The lowest BCUT2D eigenvalue weighted by atomic mass is 10.1. The number of alkyl halides is 3. The van der Waals surface area contributed by atoms with Crippen LogP contribution in [-0.4, -0.2) is 4.98 Å². The van der Waals surface area contributed by atoms with Gasteiger partial charge in [-0.25, -0.2) is 0 Å². The van der Waals surface area contributed by atoms with E-state index in [0.717, 1.165) is 6.07 Å². The van der Waals surface area contributed by atoms with E-state index in [0.29, 0.717) is 5.69 Å². The maximum absolute atomic E-state index is 12.8. The molecule has 2 rings (SSSR count). The van der Waals surface area contributed by atoms with E-state index >= 15 is 0 Å². The second-order valence-electron chi connectivity index (χ2n) is 4.16. The molecule has 19 heavy (non-hydrogen) atoms. The van der Waals surface area contributed by atoms with Crippen LogP contribution in [0.5, 0.6) is 0 Å². The van der Waals surface area contributed by atoms with Crippen LogP contribution in [0.25, 0.3) is 0 Å². The smallest absolute Gasteiger partial charge is 0.376 e. The van der Waals surface area contributed by atoms with Crippen molar-refractivity contribution in [2.75, 3.05) is 5.32 Å². The van der Waals surface area contributed by atoms with Crippen LogP contribution in [0.15, 0.2) is 48.7 Å². The summed E-state index contributed by atoms with van der Waals surface area (Å²) >= 11 is 0. The molecule has 100 valence electrons. The van der Waals surface area contributed by atoms with Gasteiger partial charge in [-0.1, -0.05) is 18.2 Å². The topological polar surface area (TPSA) is 24.9 Å². The van der Waals surface area contributed by atoms with Gasteiger partial charge >= 0.3 is 6.18 Å². The largest absolute Gasteiger partial charge is 0.418 e. The number of aromatic nitrogens is 1. The quantitative estimate of drug-likeness (QED) is 0.897. The molecule has 0 aliphatic rings. The molecule has 0 aliphatic carbocycles. The number of rotatable bonds is 3. The summed E-state index contributed by atoms with van der Waals surface area (Å²) in [6.45, 7) is 1.77. The molecule has 0 bridgehead atoms. The molecule has 0 fully saturated rings. The number of nitrogens with zero attached hydrogens (tertiary/aromatic N) is 1. The standard InChI is InChI=1S/C14H13F3N2/c1-10(12-7-4-5-9-18-12)19-13-8-3-2-6-11(13)14(15,16)17/h2-10,19H,1H3. The lowest BCUT2D eigenvalue weighted by molar-refractivity contribution is -0.137. The van der Waals surface area contributed by atoms with Crippen LogP contribution in [0.1, 0.15) is 24.2 Å². The van der Waals surface area contributed by atoms with Gasteiger partial charge in [-0.05, 0) is 31.2 Å². The van der Waals surface area contributed by atoms with Crippen LogP contribution in [0.4, 0.5) is 18.9 Å². The van der Waals surface area contributed by atoms with Crippen LogP contribution in [-0.2, 0) is 6.18 Å². The first kappa shape index (κ1) is 13.4. The molecule has 0 amide bonds. The van der Waals surface area contributed by atoms with Crippen LogP contribution in [0.2, 0.25) is 0 Å². The summed E-state index contributed by atoms with van der Waals surface area (Å²) < 4.78 is 38.5. The van der Waals surface area contributed by atoms with Crippen LogP contribution in [0, 0.1) is 0 Å². The predicted octanol–water partition coefficient (Wildman–Crippen LogP) is 4.27. The van der Waals surface area contributed by atoms with Gasteiger partial charge in [-0.15, -0.1) is 0 Å². The molecule has 1 aromatic carbocycles. The Labute approximate surface area is 109 Å². The Bertz CT molecular complexity index is 538. The highest BCUT2D eigenvalue weighted by atomic mass is 19.4. The predicted molar refractivity (Wildman–Crippen MR) is 67.7 cm³/mol. The number of nitrogens with one attached hydrogen (secondary N) is 1. The summed E-state index contributed by atoms with van der Waals surface area (Å²) in [6, 6.07) is 10.5. The van der Waals surface area contributed by atoms with Gasteiger partial charge in [0.25, 0.3) is 0 Å². The van der Waals surface area contributed by atoms with E-state index in [9.17, 15) is 13.2 Å². The van der Waals surface area contributed by atoms with Gasteiger partial charge in [0.15, 0.2) is 0 Å². The Hall–Kier alpha value is -2.04. The van der Waals surface area contributed by atoms with Crippen molar-refractivity contribution in [1.29, 1.82) is 0 Å². The Balaban J connectivity index is 2.25. The average Bonchev–Trinajstić information content (AvgIpc) is 2.39. The molecule has 0 saturated carbocycles. The average molecular weight is 266 g/mol. The number of pyridine rings is 1. The number of anilines is 1. The fourth-order valence-corrected chi connectivity index (χ4v) is 1.80. The molecular formula is C14H13F3N2. The van der Waals surface area contributed by atoms with Crippen LogP contribution >= 0.6 is 0 Å². The Kier molecular flexibility index (Phi) is 3.74. The first-order valence-corrected chi connectivity index (χ1v) is 5.82. The number of halogens is 3. The molecular weight excluding hydrogens is 253 g/mol. The lowest BCUT2D eigenvalue weighted by Crippen LogP contribution is -2.14. The van der Waals surface area contributed by atoms with Gasteiger partial charge < -0.3 is 5.32 Å². The first-order valence-electron chi connectivity index (χ1n) is 5.82. The highest BCUT2D eigenvalue weighted by molar-refractivity contribution is 5.53. The minimum Gasteiger partial charge on any atom is -0.376 e. The normalized spacial score (nSPS) is 13.1. The summed E-state index contributed by atoms with van der Waals surface area (Å²) in [4.78, 5) is 4.12. The maximum atomic E-state index is 12.8. The Morgan fingerprint density at radius 3 is 2.37 bits per heavy atom. The summed E-state index contributed by atoms with van der Waals surface area (Å²) in [5.74, 6) is 0. The third-order valence-electron chi connectivity index (χ3n) is 2.74. The molecule has 5 heteroatoms. The molecule has 1 unspecified atom stereocenters. The minimum atomic E-state index is -4.37. The zero-order chi connectivity index (χ0) is 13.9. The van der Waals surface area contributed by atoms with Gasteiger partial charge in [0.1, 0.15) is 0 Å². The van der Waals surface area contributed by atoms with E-state index in [-0.39, 0.29) is 11.7 Å². The van der Waals surface area contributed by atoms with E-state index < -0.39 is 11.7 Å². The van der Waals surface area contributed by atoms with Crippen molar-refractivity contribution in [3.63, 3.8) is 0 Å². The van der Waals surface area contributed by atoms with Gasteiger partial charge in [0, 0.05) is 11.9 Å². The third-order valence-corrected chi connectivity index (χ3v) is 2.74. The molecule has 1 heterocycles. The van der Waals surface area contributed by atoms with E-state index in [1.54, 1.807) is 37.4 Å². The fourth-order valence-electron chi connectivity index (χ4n) is 1.80. The molecule has 1 atom stereocenters. The number of benzene rings is 1. The molecule has 1 N–H and O–H groups in total. The van der Waals surface area contributed by atoms with Crippen molar-refractivity contribution in [3.8, 4) is 0 Å². The van der Waals surface area contributed by atoms with Gasteiger partial charge in [-0.2, -0.15) is 13.2 Å². The zero-order valence-electron chi connectivity index (χ0n) is 10.3. The van der Waals surface area contributed by atoms with Crippen molar-refractivity contribution in [2.24, 2.45) is 0 Å². The SMILES string of the molecule is CC(Nc1ccccc1C(F)(F)F)c1ccccn1. The Morgan fingerprint density at radius 1 is 1.05 bits per heavy atom. The molecule has 0 radical (unpaired) electrons. The summed E-state index contributed by atoms with van der Waals surface area (Å²) in [7, 11) is 0. The van der Waals surface area contributed by atoms with Gasteiger partial charge in [0.05, 0.1) is 17.3 Å². The van der Waals surface area contributed by atoms with Crippen molar-refractivity contribution in [3.05, 3.63) is 59.9 Å². The van der Waals surface area contributed by atoms with Crippen molar-refractivity contribution in [2.45, 2.75) is 19.1 Å². The first-order chi connectivity index (χ1) is 8.98. The highest BCUT2D eigenvalue weighted by Crippen LogP contribution is 2.35. The van der Waals surface area contributed by atoms with Crippen molar-refractivity contribution >= 4 is 5.69 Å². The molecule has 2 aromatic rings. The van der Waals surface area contributed by atoms with Crippen LogP contribution < -0.4 is 5.32 Å². The molecule has 1 aromatic heterocycles. The minimum absolute atomic E-state index is 0.0631. The highest BCUT2D eigenvalue weighted by Gasteiger charge is 2.33. The second kappa shape index (κ2) is 5.30. The number of para-hydroxylation sites is 1. The summed E-state index contributed by atoms with van der Waals surface area (Å²) in [6.07, 6.45) is -2.75. The molecule has 0 aliphatic heterocycles. The van der Waals surface area contributed by atoms with E-state index in [1.807, 2.05) is 0 Å². The maximum Gasteiger partial charge on any atom is 0.418 e. The zero-order valence-corrected chi connectivity index (χ0v) is 10.3. The fraction of sp³-hybridized carbons (Fsp3) is 0.214. The summed E-state index contributed by atoms with van der Waals surface area (Å²) in [5, 5.41) is 2.85.